The highest BCUT2D eigenvalue weighted by Crippen LogP contribution is 2.18. The van der Waals surface area contributed by atoms with Crippen LogP contribution in [0.15, 0.2) is 11.6 Å². The largest absolute Gasteiger partial charge is 0.467 e. The van der Waals surface area contributed by atoms with Gasteiger partial charge in [-0.25, -0.2) is 9.78 Å². The number of aromatic nitrogens is 1. The zero-order valence-corrected chi connectivity index (χ0v) is 15.3. The normalized spacial score (nSPS) is 18.0. The lowest BCUT2D eigenvalue weighted by atomic mass is 9.99. The fourth-order valence-electron chi connectivity index (χ4n) is 2.69. The first kappa shape index (κ1) is 18.7. The second-order valence-corrected chi connectivity index (χ2v) is 6.90. The number of ether oxygens (including phenoxy) is 1. The van der Waals surface area contributed by atoms with E-state index in [0.29, 0.717) is 6.54 Å². The highest BCUT2D eigenvalue weighted by atomic mass is 32.1. The van der Waals surface area contributed by atoms with E-state index in [1.165, 1.54) is 7.11 Å². The molecule has 0 aliphatic carbocycles. The van der Waals surface area contributed by atoms with Crippen molar-refractivity contribution in [2.24, 2.45) is 5.92 Å². The van der Waals surface area contributed by atoms with E-state index in [4.69, 9.17) is 4.74 Å². The number of piperazine rings is 1. The van der Waals surface area contributed by atoms with E-state index in [1.807, 2.05) is 25.4 Å². The summed E-state index contributed by atoms with van der Waals surface area (Å²) in [4.78, 5) is 32.8. The molecule has 2 atom stereocenters. The van der Waals surface area contributed by atoms with Crippen LogP contribution >= 0.6 is 11.3 Å². The third-order valence-electron chi connectivity index (χ3n) is 4.41. The molecule has 1 fully saturated rings. The number of amides is 1. The lowest BCUT2D eigenvalue weighted by molar-refractivity contribution is -0.146. The van der Waals surface area contributed by atoms with Gasteiger partial charge in [0.2, 0.25) is 5.91 Å². The van der Waals surface area contributed by atoms with Crippen LogP contribution in [0, 0.1) is 5.92 Å². The summed E-state index contributed by atoms with van der Waals surface area (Å²) in [6.45, 7) is 7.55. The molecular formula is C16H26N4O3S. The molecule has 0 radical (unpaired) electrons. The summed E-state index contributed by atoms with van der Waals surface area (Å²) >= 11 is 1.63. The van der Waals surface area contributed by atoms with Crippen molar-refractivity contribution in [2.45, 2.75) is 26.3 Å². The van der Waals surface area contributed by atoms with Crippen LogP contribution in [0.25, 0.3) is 0 Å². The van der Waals surface area contributed by atoms with Crippen LogP contribution in [0.4, 0.5) is 5.13 Å². The average molecular weight is 354 g/mol. The molecule has 1 N–H and O–H groups in total. The van der Waals surface area contributed by atoms with Crippen molar-refractivity contribution in [1.82, 2.24) is 15.2 Å². The highest BCUT2D eigenvalue weighted by molar-refractivity contribution is 7.13. The Kier molecular flexibility index (Phi) is 6.99. The summed E-state index contributed by atoms with van der Waals surface area (Å²) < 4.78 is 4.80. The van der Waals surface area contributed by atoms with Crippen molar-refractivity contribution in [3.8, 4) is 0 Å². The number of hydrogen-bond acceptors (Lipinski definition) is 7. The van der Waals surface area contributed by atoms with E-state index in [2.05, 4.69) is 20.1 Å². The Bertz CT molecular complexity index is 529. The molecule has 8 heteroatoms. The maximum absolute atomic E-state index is 12.3. The molecule has 2 heterocycles. The third-order valence-corrected chi connectivity index (χ3v) is 5.25. The van der Waals surface area contributed by atoms with Crippen LogP contribution < -0.4 is 10.2 Å². The van der Waals surface area contributed by atoms with Crippen molar-refractivity contribution in [2.75, 3.05) is 44.7 Å². The number of esters is 1. The minimum absolute atomic E-state index is 0.0446. The molecule has 0 aromatic carbocycles. The summed E-state index contributed by atoms with van der Waals surface area (Å²) in [5, 5.41) is 5.82. The van der Waals surface area contributed by atoms with E-state index < -0.39 is 6.04 Å². The van der Waals surface area contributed by atoms with Gasteiger partial charge in [-0.1, -0.05) is 20.3 Å². The number of methoxy groups -OCH3 is 1. The second-order valence-electron chi connectivity index (χ2n) is 6.03. The summed E-state index contributed by atoms with van der Waals surface area (Å²) in [5.41, 5.74) is 0. The van der Waals surface area contributed by atoms with Crippen molar-refractivity contribution < 1.29 is 14.3 Å². The SMILES string of the molecule is CCC(C)C(NC(=O)CN1CCN(c2nccs2)CC1)C(=O)OC. The van der Waals surface area contributed by atoms with Gasteiger partial charge >= 0.3 is 5.97 Å². The number of anilines is 1. The van der Waals surface area contributed by atoms with Gasteiger partial charge in [-0.3, -0.25) is 9.69 Å². The van der Waals surface area contributed by atoms with E-state index in [9.17, 15) is 9.59 Å². The van der Waals surface area contributed by atoms with E-state index in [-0.39, 0.29) is 17.8 Å². The maximum Gasteiger partial charge on any atom is 0.328 e. The number of carbonyl (C=O) groups excluding carboxylic acids is 2. The lowest BCUT2D eigenvalue weighted by Gasteiger charge is -2.34. The molecule has 1 saturated heterocycles. The lowest BCUT2D eigenvalue weighted by Crippen LogP contribution is -2.52. The molecule has 2 rings (SSSR count). The van der Waals surface area contributed by atoms with Gasteiger partial charge in [-0.05, 0) is 5.92 Å². The Morgan fingerprint density at radius 1 is 1.38 bits per heavy atom. The number of nitrogens with zero attached hydrogens (tertiary/aromatic N) is 3. The van der Waals surface area contributed by atoms with Gasteiger partial charge in [0.05, 0.1) is 13.7 Å². The predicted octanol–water partition coefficient (Wildman–Crippen LogP) is 0.969. The van der Waals surface area contributed by atoms with Crippen LogP contribution in [-0.2, 0) is 14.3 Å². The van der Waals surface area contributed by atoms with Gasteiger partial charge in [-0.15, -0.1) is 11.3 Å². The van der Waals surface area contributed by atoms with Crippen molar-refractivity contribution in [1.29, 1.82) is 0 Å². The molecule has 24 heavy (non-hydrogen) atoms. The molecular weight excluding hydrogens is 328 g/mol. The number of rotatable bonds is 7. The maximum atomic E-state index is 12.3. The molecule has 1 amide bonds. The van der Waals surface area contributed by atoms with E-state index >= 15 is 0 Å². The Morgan fingerprint density at radius 2 is 2.08 bits per heavy atom. The molecule has 7 nitrogen and oxygen atoms in total. The standard InChI is InChI=1S/C16H26N4O3S/c1-4-12(2)14(15(22)23-3)18-13(21)11-19-6-8-20(9-7-19)16-17-5-10-24-16/h5,10,12,14H,4,6-9,11H2,1-3H3,(H,18,21). The minimum Gasteiger partial charge on any atom is -0.467 e. The topological polar surface area (TPSA) is 74.8 Å². The first-order chi connectivity index (χ1) is 11.5. The van der Waals surface area contributed by atoms with Crippen molar-refractivity contribution in [3.05, 3.63) is 11.6 Å². The molecule has 0 saturated carbocycles. The van der Waals surface area contributed by atoms with Gasteiger partial charge in [0.1, 0.15) is 6.04 Å². The smallest absolute Gasteiger partial charge is 0.328 e. The number of carbonyl (C=O) groups is 2. The van der Waals surface area contributed by atoms with Crippen LogP contribution in [0.3, 0.4) is 0 Å². The minimum atomic E-state index is -0.580. The van der Waals surface area contributed by atoms with Gasteiger partial charge in [0, 0.05) is 37.8 Å². The van der Waals surface area contributed by atoms with Gasteiger partial charge in [0.25, 0.3) is 0 Å². The van der Waals surface area contributed by atoms with Gasteiger partial charge in [0.15, 0.2) is 5.13 Å². The summed E-state index contributed by atoms with van der Waals surface area (Å²) in [7, 11) is 1.35. The number of nitrogens with one attached hydrogen (secondary N) is 1. The summed E-state index contributed by atoms with van der Waals surface area (Å²) in [6.07, 6.45) is 2.61. The van der Waals surface area contributed by atoms with Crippen LogP contribution in [0.1, 0.15) is 20.3 Å². The van der Waals surface area contributed by atoms with Crippen LogP contribution in [0.2, 0.25) is 0 Å². The Hall–Kier alpha value is -1.67. The van der Waals surface area contributed by atoms with Crippen molar-refractivity contribution in [3.63, 3.8) is 0 Å². The third kappa shape index (κ3) is 4.91. The highest BCUT2D eigenvalue weighted by Gasteiger charge is 2.28. The molecule has 134 valence electrons. The zero-order valence-electron chi connectivity index (χ0n) is 14.5. The molecule has 0 spiro atoms. The number of hydrogen-bond donors (Lipinski definition) is 1. The van der Waals surface area contributed by atoms with Crippen molar-refractivity contribution >= 4 is 28.3 Å². The van der Waals surface area contributed by atoms with E-state index in [0.717, 1.165) is 37.7 Å². The van der Waals surface area contributed by atoms with Crippen LogP contribution in [-0.4, -0.2) is 67.6 Å². The summed E-state index contributed by atoms with van der Waals surface area (Å²) in [5.74, 6) is -0.470. The molecule has 1 aliphatic heterocycles. The first-order valence-corrected chi connectivity index (χ1v) is 9.17. The monoisotopic (exact) mass is 354 g/mol. The Balaban J connectivity index is 1.81. The molecule has 1 aromatic rings. The van der Waals surface area contributed by atoms with E-state index in [1.54, 1.807) is 11.3 Å². The molecule has 1 aliphatic rings. The van der Waals surface area contributed by atoms with Gasteiger partial charge < -0.3 is 15.0 Å². The van der Waals surface area contributed by atoms with Crippen LogP contribution in [0.5, 0.6) is 0 Å². The first-order valence-electron chi connectivity index (χ1n) is 8.29. The fourth-order valence-corrected chi connectivity index (χ4v) is 3.38. The average Bonchev–Trinajstić information content (AvgIpc) is 3.13. The predicted molar refractivity (Wildman–Crippen MR) is 94.2 cm³/mol. The van der Waals surface area contributed by atoms with Gasteiger partial charge in [-0.2, -0.15) is 0 Å². The second kappa shape index (κ2) is 8.98. The molecule has 1 aromatic heterocycles. The zero-order chi connectivity index (χ0) is 17.5. The molecule has 2 unspecified atom stereocenters. The Labute approximate surface area is 147 Å². The number of thiazole rings is 1. The fraction of sp³-hybridized carbons (Fsp3) is 0.688. The molecule has 0 bridgehead atoms. The summed E-state index contributed by atoms with van der Waals surface area (Å²) in [6, 6.07) is -0.580. The quantitative estimate of drug-likeness (QED) is 0.736. The Morgan fingerprint density at radius 3 is 2.62 bits per heavy atom.